The molecule has 0 aliphatic carbocycles. The van der Waals surface area contributed by atoms with Gasteiger partial charge < -0.3 is 0 Å². The molecule has 296 valence electrons. The van der Waals surface area contributed by atoms with Crippen LogP contribution in [0.25, 0.3) is 21.8 Å². The SMILES string of the molecule is CCCCC1(C#CCCc2ccccc2)N(OC)C(=O)c2cc3ccccc3n21.CCCCC1(C#CCCc2ccccc2)N(OC)C(=O)c2cc3ccccc3n21. The van der Waals surface area contributed by atoms with Gasteiger partial charge >= 0.3 is 0 Å². The van der Waals surface area contributed by atoms with Crippen LogP contribution in [-0.2, 0) is 33.8 Å². The standard InChI is InChI=1S/2C25H26N2O2/c2*1-3-4-17-25(18-11-10-14-20-12-6-5-7-13-20)26-22-16-9-8-15-21(22)19-23(26)24(28)27(25)29-2/h2*5-9,12-13,15-16,19H,3-4,10,14,17H2,1-2H3. The number of hydrogen-bond donors (Lipinski definition) is 0. The summed E-state index contributed by atoms with van der Waals surface area (Å²) in [6, 6.07) is 40.8. The summed E-state index contributed by atoms with van der Waals surface area (Å²) in [5, 5.41) is 5.05. The first-order chi connectivity index (χ1) is 28.4. The molecule has 4 heterocycles. The van der Waals surface area contributed by atoms with Crippen LogP contribution in [0.2, 0.25) is 0 Å². The number of carbonyl (C=O) groups is 2. The average Bonchev–Trinajstić information content (AvgIpc) is 3.97. The normalized spacial score (nSPS) is 18.0. The maximum atomic E-state index is 13.1. The molecule has 0 fully saturated rings. The third kappa shape index (κ3) is 7.54. The number of para-hydroxylation sites is 2. The van der Waals surface area contributed by atoms with Crippen molar-refractivity contribution in [2.24, 2.45) is 0 Å². The number of unbranched alkanes of at least 4 members (excludes halogenated alkanes) is 2. The summed E-state index contributed by atoms with van der Waals surface area (Å²) in [6.45, 7) is 4.30. The zero-order valence-corrected chi connectivity index (χ0v) is 34.0. The molecular formula is C50H52N4O4. The van der Waals surface area contributed by atoms with Crippen LogP contribution in [0.3, 0.4) is 0 Å². The molecule has 8 rings (SSSR count). The first-order valence-corrected chi connectivity index (χ1v) is 20.5. The van der Waals surface area contributed by atoms with Gasteiger partial charge in [0.1, 0.15) is 11.4 Å². The third-order valence-corrected chi connectivity index (χ3v) is 11.1. The maximum absolute atomic E-state index is 13.1. The van der Waals surface area contributed by atoms with E-state index >= 15 is 0 Å². The first kappa shape index (κ1) is 40.1. The molecule has 2 aromatic heterocycles. The molecule has 2 aliphatic heterocycles. The number of hydroxylamine groups is 4. The lowest BCUT2D eigenvalue weighted by molar-refractivity contribution is -0.160. The largest absolute Gasteiger partial charge is 0.300 e. The summed E-state index contributed by atoms with van der Waals surface area (Å²) in [5.74, 6) is 13.4. The monoisotopic (exact) mass is 772 g/mol. The minimum absolute atomic E-state index is 0.128. The Balaban J connectivity index is 0.000000177. The van der Waals surface area contributed by atoms with Crippen molar-refractivity contribution < 1.29 is 19.3 Å². The molecule has 8 nitrogen and oxygen atoms in total. The molecule has 4 aromatic carbocycles. The van der Waals surface area contributed by atoms with Crippen molar-refractivity contribution in [1.29, 1.82) is 0 Å². The number of hydrogen-bond acceptors (Lipinski definition) is 4. The van der Waals surface area contributed by atoms with Crippen LogP contribution in [0.4, 0.5) is 0 Å². The Morgan fingerprint density at radius 2 is 0.914 bits per heavy atom. The van der Waals surface area contributed by atoms with E-state index in [1.807, 2.05) is 84.9 Å². The van der Waals surface area contributed by atoms with Crippen LogP contribution in [0.15, 0.2) is 121 Å². The van der Waals surface area contributed by atoms with Crippen LogP contribution in [0.5, 0.6) is 0 Å². The minimum atomic E-state index is -0.809. The van der Waals surface area contributed by atoms with E-state index < -0.39 is 11.3 Å². The third-order valence-electron chi connectivity index (χ3n) is 11.1. The van der Waals surface area contributed by atoms with Crippen LogP contribution in [0.1, 0.15) is 97.3 Å². The van der Waals surface area contributed by atoms with Gasteiger partial charge in [-0.05, 0) is 72.9 Å². The minimum Gasteiger partial charge on any atom is -0.300 e. The molecule has 58 heavy (non-hydrogen) atoms. The van der Waals surface area contributed by atoms with Gasteiger partial charge in [-0.1, -0.05) is 136 Å². The quantitative estimate of drug-likeness (QED) is 0.116. The van der Waals surface area contributed by atoms with Crippen molar-refractivity contribution >= 4 is 33.6 Å². The van der Waals surface area contributed by atoms with Gasteiger partial charge in [0.15, 0.2) is 0 Å². The van der Waals surface area contributed by atoms with Crippen LogP contribution in [-0.4, -0.2) is 45.3 Å². The predicted molar refractivity (Wildman–Crippen MR) is 230 cm³/mol. The fraction of sp³-hybridized carbons (Fsp3) is 0.320. The average molecular weight is 773 g/mol. The van der Waals surface area contributed by atoms with E-state index in [1.165, 1.54) is 21.3 Å². The van der Waals surface area contributed by atoms with Gasteiger partial charge in [0, 0.05) is 36.5 Å². The maximum Gasteiger partial charge on any atom is 0.297 e. The van der Waals surface area contributed by atoms with E-state index in [2.05, 4.69) is 83.1 Å². The summed E-state index contributed by atoms with van der Waals surface area (Å²) in [7, 11) is 3.11. The van der Waals surface area contributed by atoms with Crippen LogP contribution >= 0.6 is 0 Å². The van der Waals surface area contributed by atoms with Gasteiger partial charge in [-0.15, -0.1) is 0 Å². The van der Waals surface area contributed by atoms with E-state index in [9.17, 15) is 9.59 Å². The number of fused-ring (bicyclic) bond motifs is 6. The Morgan fingerprint density at radius 3 is 1.29 bits per heavy atom. The van der Waals surface area contributed by atoms with E-state index in [4.69, 9.17) is 9.68 Å². The van der Waals surface area contributed by atoms with Gasteiger partial charge in [-0.2, -0.15) is 10.1 Å². The first-order valence-electron chi connectivity index (χ1n) is 20.5. The van der Waals surface area contributed by atoms with E-state index in [-0.39, 0.29) is 11.8 Å². The number of aryl methyl sites for hydroxylation is 2. The van der Waals surface area contributed by atoms with Crippen molar-refractivity contribution in [3.63, 3.8) is 0 Å². The molecule has 0 N–H and O–H groups in total. The molecule has 2 aliphatic rings. The zero-order valence-electron chi connectivity index (χ0n) is 34.0. The Hall–Kier alpha value is -6.06. The number of nitrogens with zero attached hydrogens (tertiary/aromatic N) is 4. The number of rotatable bonds is 12. The summed E-state index contributed by atoms with van der Waals surface area (Å²) in [6.07, 6.45) is 8.65. The molecule has 0 saturated carbocycles. The molecular weight excluding hydrogens is 721 g/mol. The topological polar surface area (TPSA) is 68.9 Å². The molecule has 2 amide bonds. The second-order valence-electron chi connectivity index (χ2n) is 14.8. The Morgan fingerprint density at radius 1 is 0.534 bits per heavy atom. The Bertz CT molecular complexity index is 2320. The lowest BCUT2D eigenvalue weighted by Crippen LogP contribution is -2.45. The second-order valence-corrected chi connectivity index (χ2v) is 14.8. The fourth-order valence-electron chi connectivity index (χ4n) is 8.34. The van der Waals surface area contributed by atoms with Crippen molar-refractivity contribution in [3.8, 4) is 23.7 Å². The van der Waals surface area contributed by atoms with Crippen LogP contribution in [0, 0.1) is 23.7 Å². The lowest BCUT2D eigenvalue weighted by atomic mass is 10.0. The summed E-state index contributed by atoms with van der Waals surface area (Å²) in [5.41, 5.74) is 4.23. The van der Waals surface area contributed by atoms with Gasteiger partial charge in [0.2, 0.25) is 11.3 Å². The predicted octanol–water partition coefficient (Wildman–Crippen LogP) is 10.3. The van der Waals surface area contributed by atoms with E-state index in [0.717, 1.165) is 86.0 Å². The molecule has 8 heteroatoms. The molecule has 0 saturated heterocycles. The number of amides is 2. The molecule has 2 atom stereocenters. The van der Waals surface area contributed by atoms with Gasteiger partial charge in [0.05, 0.1) is 25.3 Å². The van der Waals surface area contributed by atoms with Crippen molar-refractivity contribution in [2.75, 3.05) is 14.2 Å². The number of aromatic nitrogens is 2. The van der Waals surface area contributed by atoms with E-state index in [1.54, 1.807) is 14.2 Å². The van der Waals surface area contributed by atoms with Crippen molar-refractivity contribution in [3.05, 3.63) is 144 Å². The number of carbonyl (C=O) groups excluding carboxylic acids is 2. The lowest BCUT2D eigenvalue weighted by Gasteiger charge is -2.34. The summed E-state index contributed by atoms with van der Waals surface area (Å²) in [4.78, 5) is 37.5. The summed E-state index contributed by atoms with van der Waals surface area (Å²) >= 11 is 0. The van der Waals surface area contributed by atoms with Crippen molar-refractivity contribution in [1.82, 2.24) is 19.3 Å². The number of benzene rings is 4. The molecule has 0 bridgehead atoms. The fourth-order valence-corrected chi connectivity index (χ4v) is 8.34. The highest BCUT2D eigenvalue weighted by Crippen LogP contribution is 2.42. The van der Waals surface area contributed by atoms with E-state index in [0.29, 0.717) is 11.4 Å². The highest BCUT2D eigenvalue weighted by Gasteiger charge is 2.51. The smallest absolute Gasteiger partial charge is 0.297 e. The molecule has 0 radical (unpaired) electrons. The van der Waals surface area contributed by atoms with Gasteiger partial charge in [-0.3, -0.25) is 28.4 Å². The molecule has 6 aromatic rings. The summed E-state index contributed by atoms with van der Waals surface area (Å²) < 4.78 is 4.17. The Labute approximate surface area is 342 Å². The molecule has 0 spiro atoms. The molecule has 2 unspecified atom stereocenters. The highest BCUT2D eigenvalue weighted by atomic mass is 16.7. The highest BCUT2D eigenvalue weighted by molar-refractivity contribution is 6.02. The zero-order chi connectivity index (χ0) is 40.5. The van der Waals surface area contributed by atoms with Gasteiger partial charge in [0.25, 0.3) is 11.8 Å². The second kappa shape index (κ2) is 18.0. The van der Waals surface area contributed by atoms with Crippen LogP contribution < -0.4 is 0 Å². The Kier molecular flexibility index (Phi) is 12.5. The van der Waals surface area contributed by atoms with Crippen molar-refractivity contribution in [2.45, 2.75) is 89.4 Å². The van der Waals surface area contributed by atoms with Gasteiger partial charge in [-0.25, -0.2) is 0 Å².